The lowest BCUT2D eigenvalue weighted by Gasteiger charge is -2.41. The fourth-order valence-corrected chi connectivity index (χ4v) is 4.13. The molecular formula is C18H21NO4. The topological polar surface area (TPSA) is 68.5 Å². The smallest absolute Gasteiger partial charge is 0.345 e. The van der Waals surface area contributed by atoms with E-state index in [1.54, 1.807) is 0 Å². The SMILES string of the molecule is COC(=O)C1=C(O)c2cc(C3CC3)cn2C2(CCCCC2)C1=O. The molecule has 0 atom stereocenters. The second kappa shape index (κ2) is 4.98. The van der Waals surface area contributed by atoms with Crippen LogP contribution in [0.3, 0.4) is 0 Å². The summed E-state index contributed by atoms with van der Waals surface area (Å²) in [6.45, 7) is 0. The van der Waals surface area contributed by atoms with Crippen molar-refractivity contribution in [2.24, 2.45) is 0 Å². The molecule has 0 amide bonds. The molecule has 5 nitrogen and oxygen atoms in total. The molecular weight excluding hydrogens is 294 g/mol. The summed E-state index contributed by atoms with van der Waals surface area (Å²) in [6, 6.07) is 1.94. The summed E-state index contributed by atoms with van der Waals surface area (Å²) in [5.41, 5.74) is 0.850. The number of fused-ring (bicyclic) bond motifs is 2. The molecule has 23 heavy (non-hydrogen) atoms. The van der Waals surface area contributed by atoms with E-state index in [1.165, 1.54) is 7.11 Å². The van der Waals surface area contributed by atoms with Crippen LogP contribution in [0.4, 0.5) is 0 Å². The average Bonchev–Trinajstić information content (AvgIpc) is 3.32. The molecule has 1 aromatic heterocycles. The zero-order valence-corrected chi connectivity index (χ0v) is 13.3. The Morgan fingerprint density at radius 3 is 2.61 bits per heavy atom. The second-order valence-corrected chi connectivity index (χ2v) is 6.94. The minimum Gasteiger partial charge on any atom is -0.505 e. The first-order valence-corrected chi connectivity index (χ1v) is 8.38. The van der Waals surface area contributed by atoms with Gasteiger partial charge < -0.3 is 14.4 Å². The fourth-order valence-electron chi connectivity index (χ4n) is 4.13. The third-order valence-electron chi connectivity index (χ3n) is 5.55. The Balaban J connectivity index is 1.92. The van der Waals surface area contributed by atoms with Gasteiger partial charge >= 0.3 is 5.97 Å². The number of carbonyl (C=O) groups is 2. The Morgan fingerprint density at radius 2 is 2.00 bits per heavy atom. The number of Topliss-reactive ketones (excluding diaryl/α,β-unsaturated/α-hetero) is 1. The zero-order chi connectivity index (χ0) is 16.2. The lowest BCUT2D eigenvalue weighted by molar-refractivity contribution is -0.140. The fraction of sp³-hybridized carbons (Fsp3) is 0.556. The number of nitrogens with zero attached hydrogens (tertiary/aromatic N) is 1. The Labute approximate surface area is 134 Å². The van der Waals surface area contributed by atoms with Gasteiger partial charge in [0.05, 0.1) is 12.8 Å². The van der Waals surface area contributed by atoms with Crippen LogP contribution < -0.4 is 0 Å². The van der Waals surface area contributed by atoms with Gasteiger partial charge in [-0.1, -0.05) is 19.3 Å². The molecule has 2 heterocycles. The Kier molecular flexibility index (Phi) is 3.15. The van der Waals surface area contributed by atoms with E-state index < -0.39 is 11.5 Å². The summed E-state index contributed by atoms with van der Waals surface area (Å²) in [5.74, 6) is -0.729. The molecule has 1 N–H and O–H groups in total. The summed E-state index contributed by atoms with van der Waals surface area (Å²) >= 11 is 0. The summed E-state index contributed by atoms with van der Waals surface area (Å²) in [6.07, 6.45) is 8.77. The van der Waals surface area contributed by atoms with Crippen molar-refractivity contribution in [3.05, 3.63) is 29.1 Å². The molecule has 0 radical (unpaired) electrons. The van der Waals surface area contributed by atoms with Crippen molar-refractivity contribution in [3.8, 4) is 0 Å². The van der Waals surface area contributed by atoms with E-state index in [0.717, 1.165) is 37.7 Å². The van der Waals surface area contributed by atoms with E-state index in [4.69, 9.17) is 4.74 Å². The number of methoxy groups -OCH3 is 1. The van der Waals surface area contributed by atoms with Crippen molar-refractivity contribution in [1.82, 2.24) is 4.57 Å². The largest absolute Gasteiger partial charge is 0.505 e. The molecule has 1 spiro atoms. The van der Waals surface area contributed by atoms with E-state index in [2.05, 4.69) is 0 Å². The van der Waals surface area contributed by atoms with Crippen LogP contribution in [0, 0.1) is 0 Å². The second-order valence-electron chi connectivity index (χ2n) is 6.94. The Hall–Kier alpha value is -2.04. The third-order valence-corrected chi connectivity index (χ3v) is 5.55. The van der Waals surface area contributed by atoms with Gasteiger partial charge in [0.25, 0.3) is 0 Å². The molecule has 4 rings (SSSR count). The highest BCUT2D eigenvalue weighted by molar-refractivity contribution is 6.25. The third kappa shape index (κ3) is 1.98. The van der Waals surface area contributed by atoms with Crippen molar-refractivity contribution in [3.63, 3.8) is 0 Å². The Bertz CT molecular complexity index is 717. The predicted molar refractivity (Wildman–Crippen MR) is 84.0 cm³/mol. The number of aromatic nitrogens is 1. The van der Waals surface area contributed by atoms with Gasteiger partial charge in [-0.15, -0.1) is 0 Å². The molecule has 0 aromatic carbocycles. The van der Waals surface area contributed by atoms with Crippen molar-refractivity contribution in [2.75, 3.05) is 7.11 Å². The summed E-state index contributed by atoms with van der Waals surface area (Å²) < 4.78 is 6.71. The molecule has 3 aliphatic rings. The maximum atomic E-state index is 13.1. The number of ether oxygens (including phenoxy) is 1. The molecule has 1 aromatic rings. The van der Waals surface area contributed by atoms with Crippen LogP contribution in [0.15, 0.2) is 17.8 Å². The standard InChI is InChI=1S/C18H21NO4/c1-23-17(22)14-15(20)13-9-12(11-5-6-11)10-19(13)18(16(14)21)7-3-2-4-8-18/h9-11,20H,2-8H2,1H3. The number of hydrogen-bond donors (Lipinski definition) is 1. The maximum Gasteiger partial charge on any atom is 0.345 e. The van der Waals surface area contributed by atoms with Crippen molar-refractivity contribution in [2.45, 2.75) is 56.4 Å². The van der Waals surface area contributed by atoms with E-state index in [1.807, 2.05) is 16.8 Å². The molecule has 2 aliphatic carbocycles. The lowest BCUT2D eigenvalue weighted by Crippen LogP contribution is -2.48. The average molecular weight is 315 g/mol. The van der Waals surface area contributed by atoms with Gasteiger partial charge in [0.1, 0.15) is 11.1 Å². The molecule has 0 saturated heterocycles. The van der Waals surface area contributed by atoms with Crippen LogP contribution in [0.2, 0.25) is 0 Å². The van der Waals surface area contributed by atoms with Crippen LogP contribution in [0.5, 0.6) is 0 Å². The number of hydrogen-bond acceptors (Lipinski definition) is 4. The highest BCUT2D eigenvalue weighted by atomic mass is 16.5. The van der Waals surface area contributed by atoms with E-state index in [9.17, 15) is 14.7 Å². The van der Waals surface area contributed by atoms with Gasteiger partial charge in [-0.2, -0.15) is 0 Å². The van der Waals surface area contributed by atoms with E-state index in [-0.39, 0.29) is 17.1 Å². The van der Waals surface area contributed by atoms with Crippen LogP contribution >= 0.6 is 0 Å². The van der Waals surface area contributed by atoms with Crippen molar-refractivity contribution >= 4 is 17.5 Å². The van der Waals surface area contributed by atoms with Crippen LogP contribution in [0.25, 0.3) is 5.76 Å². The quantitative estimate of drug-likeness (QED) is 0.673. The van der Waals surface area contributed by atoms with Gasteiger partial charge in [-0.3, -0.25) is 4.79 Å². The molecule has 5 heteroatoms. The highest BCUT2D eigenvalue weighted by Crippen LogP contribution is 2.48. The number of rotatable bonds is 2. The number of aliphatic hydroxyl groups excluding tert-OH is 1. The first-order valence-electron chi connectivity index (χ1n) is 8.38. The summed E-state index contributed by atoms with van der Waals surface area (Å²) in [7, 11) is 1.24. The normalized spacial score (nSPS) is 23.1. The molecule has 2 fully saturated rings. The van der Waals surface area contributed by atoms with Crippen LogP contribution in [-0.4, -0.2) is 28.5 Å². The highest BCUT2D eigenvalue weighted by Gasteiger charge is 2.50. The van der Waals surface area contributed by atoms with Crippen molar-refractivity contribution in [1.29, 1.82) is 0 Å². The minimum absolute atomic E-state index is 0.178. The molecule has 0 unspecified atom stereocenters. The summed E-state index contributed by atoms with van der Waals surface area (Å²) in [4.78, 5) is 25.2. The minimum atomic E-state index is -0.738. The molecule has 1 aliphatic heterocycles. The molecule has 2 saturated carbocycles. The monoisotopic (exact) mass is 315 g/mol. The molecule has 0 bridgehead atoms. The first kappa shape index (κ1) is 14.5. The van der Waals surface area contributed by atoms with E-state index in [0.29, 0.717) is 24.5 Å². The van der Waals surface area contributed by atoms with E-state index >= 15 is 0 Å². The van der Waals surface area contributed by atoms with Gasteiger partial charge in [-0.25, -0.2) is 4.79 Å². The number of carbonyl (C=O) groups excluding carboxylic acids is 2. The van der Waals surface area contributed by atoms with Crippen molar-refractivity contribution < 1.29 is 19.4 Å². The van der Waals surface area contributed by atoms with Crippen LogP contribution in [-0.2, 0) is 19.9 Å². The maximum absolute atomic E-state index is 13.1. The first-order chi connectivity index (χ1) is 11.1. The number of aliphatic hydroxyl groups is 1. The van der Waals surface area contributed by atoms with Crippen LogP contribution in [0.1, 0.15) is 62.1 Å². The molecule has 122 valence electrons. The Morgan fingerprint density at radius 1 is 1.30 bits per heavy atom. The van der Waals surface area contributed by atoms with Gasteiger partial charge in [0.15, 0.2) is 11.5 Å². The number of esters is 1. The lowest BCUT2D eigenvalue weighted by atomic mass is 9.74. The van der Waals surface area contributed by atoms with Gasteiger partial charge in [0, 0.05) is 6.20 Å². The van der Waals surface area contributed by atoms with Gasteiger partial charge in [-0.05, 0) is 43.2 Å². The van der Waals surface area contributed by atoms with Gasteiger partial charge in [0.2, 0.25) is 0 Å². The number of ketones is 1. The summed E-state index contributed by atoms with van der Waals surface area (Å²) in [5, 5.41) is 10.6. The zero-order valence-electron chi connectivity index (χ0n) is 13.3. The predicted octanol–water partition coefficient (Wildman–Crippen LogP) is 3.05.